The van der Waals surface area contributed by atoms with Gasteiger partial charge in [-0.15, -0.1) is 11.3 Å². The second-order valence-corrected chi connectivity index (χ2v) is 8.06. The van der Waals surface area contributed by atoms with Crippen molar-refractivity contribution in [3.8, 4) is 5.75 Å². The van der Waals surface area contributed by atoms with Gasteiger partial charge in [0.1, 0.15) is 22.7 Å². The molecule has 1 aromatic carbocycles. The number of ether oxygens (including phenoxy) is 1. The van der Waals surface area contributed by atoms with Crippen molar-refractivity contribution in [3.05, 3.63) is 46.6 Å². The molecule has 0 aliphatic rings. The highest BCUT2D eigenvalue weighted by atomic mass is 32.1. The van der Waals surface area contributed by atoms with Crippen LogP contribution in [0.5, 0.6) is 5.75 Å². The Labute approximate surface area is 175 Å². The fourth-order valence-electron chi connectivity index (χ4n) is 3.20. The predicted octanol–water partition coefficient (Wildman–Crippen LogP) is 4.54. The number of unbranched alkanes of at least 4 members (excludes halogenated alkanes) is 1. The third-order valence-corrected chi connectivity index (χ3v) is 6.17. The van der Waals surface area contributed by atoms with Gasteiger partial charge in [-0.05, 0) is 43.0 Å². The lowest BCUT2D eigenvalue weighted by Gasteiger charge is -2.16. The zero-order valence-electron chi connectivity index (χ0n) is 17.5. The molecule has 0 saturated carbocycles. The van der Waals surface area contributed by atoms with Crippen LogP contribution in [0.1, 0.15) is 40.6 Å². The molecule has 1 amide bonds. The van der Waals surface area contributed by atoms with E-state index in [9.17, 15) is 4.79 Å². The number of anilines is 1. The summed E-state index contributed by atoms with van der Waals surface area (Å²) < 4.78 is 5.20. The second kappa shape index (κ2) is 9.69. The minimum Gasteiger partial charge on any atom is -0.497 e. The number of carbonyl (C=O) groups excluding carboxylic acids is 1. The highest BCUT2D eigenvalue weighted by Crippen LogP contribution is 2.33. The molecule has 2 aromatic heterocycles. The molecular formula is C22H28N4O2S. The Bertz CT molecular complexity index is 969. The molecule has 2 heterocycles. The summed E-state index contributed by atoms with van der Waals surface area (Å²) in [5.74, 6) is 1.70. The van der Waals surface area contributed by atoms with Gasteiger partial charge in [0.15, 0.2) is 0 Å². The number of hydrogen-bond donors (Lipinski definition) is 1. The zero-order valence-corrected chi connectivity index (χ0v) is 18.3. The van der Waals surface area contributed by atoms with Crippen LogP contribution in [0, 0.1) is 6.92 Å². The van der Waals surface area contributed by atoms with Gasteiger partial charge in [0, 0.05) is 20.1 Å². The minimum absolute atomic E-state index is 0.0585. The van der Waals surface area contributed by atoms with Crippen LogP contribution in [-0.2, 0) is 6.42 Å². The van der Waals surface area contributed by atoms with E-state index < -0.39 is 0 Å². The van der Waals surface area contributed by atoms with E-state index in [2.05, 4.69) is 34.3 Å². The van der Waals surface area contributed by atoms with Crippen LogP contribution in [0.15, 0.2) is 30.6 Å². The number of amides is 1. The average Bonchev–Trinajstić information content (AvgIpc) is 3.09. The normalized spacial score (nSPS) is 10.9. The van der Waals surface area contributed by atoms with Gasteiger partial charge in [-0.3, -0.25) is 4.79 Å². The number of methoxy groups -OCH3 is 1. The predicted molar refractivity (Wildman–Crippen MR) is 119 cm³/mol. The van der Waals surface area contributed by atoms with E-state index in [-0.39, 0.29) is 5.91 Å². The fourth-order valence-corrected chi connectivity index (χ4v) is 4.34. The molecule has 29 heavy (non-hydrogen) atoms. The van der Waals surface area contributed by atoms with Gasteiger partial charge in [-0.25, -0.2) is 9.97 Å². The van der Waals surface area contributed by atoms with Gasteiger partial charge >= 0.3 is 0 Å². The Kier molecular flexibility index (Phi) is 7.04. The van der Waals surface area contributed by atoms with Crippen molar-refractivity contribution in [2.24, 2.45) is 0 Å². The third kappa shape index (κ3) is 4.85. The molecular weight excluding hydrogens is 384 g/mol. The fraction of sp³-hybridized carbons (Fsp3) is 0.409. The highest BCUT2D eigenvalue weighted by molar-refractivity contribution is 7.20. The molecule has 0 aliphatic carbocycles. The number of fused-ring (bicyclic) bond motifs is 1. The summed E-state index contributed by atoms with van der Waals surface area (Å²) in [6.45, 7) is 5.62. The van der Waals surface area contributed by atoms with Gasteiger partial charge in [0.05, 0.1) is 17.4 Å². The van der Waals surface area contributed by atoms with E-state index in [0.717, 1.165) is 64.6 Å². The Morgan fingerprint density at radius 1 is 1.24 bits per heavy atom. The van der Waals surface area contributed by atoms with Gasteiger partial charge in [0.2, 0.25) is 0 Å². The van der Waals surface area contributed by atoms with Gasteiger partial charge < -0.3 is 15.0 Å². The van der Waals surface area contributed by atoms with E-state index >= 15 is 0 Å². The van der Waals surface area contributed by atoms with Gasteiger partial charge in [-0.2, -0.15) is 0 Å². The maximum absolute atomic E-state index is 12.9. The first kappa shape index (κ1) is 21.0. The Morgan fingerprint density at radius 2 is 2.00 bits per heavy atom. The van der Waals surface area contributed by atoms with Crippen molar-refractivity contribution in [1.82, 2.24) is 14.9 Å². The molecule has 0 unspecified atom stereocenters. The first-order chi connectivity index (χ1) is 14.0. The number of thiophene rings is 1. The summed E-state index contributed by atoms with van der Waals surface area (Å²) in [5.41, 5.74) is 2.17. The largest absolute Gasteiger partial charge is 0.497 e. The van der Waals surface area contributed by atoms with E-state index in [0.29, 0.717) is 0 Å². The summed E-state index contributed by atoms with van der Waals surface area (Å²) >= 11 is 1.45. The molecule has 0 radical (unpaired) electrons. The Balaban J connectivity index is 1.74. The zero-order chi connectivity index (χ0) is 20.8. The van der Waals surface area contributed by atoms with Crippen molar-refractivity contribution < 1.29 is 9.53 Å². The summed E-state index contributed by atoms with van der Waals surface area (Å²) in [6, 6.07) is 8.06. The van der Waals surface area contributed by atoms with Gasteiger partial charge in [0.25, 0.3) is 5.91 Å². The number of hydrogen-bond acceptors (Lipinski definition) is 6. The van der Waals surface area contributed by atoms with E-state index in [1.807, 2.05) is 26.1 Å². The number of carbonyl (C=O) groups is 1. The van der Waals surface area contributed by atoms with Gasteiger partial charge in [-0.1, -0.05) is 25.5 Å². The number of aromatic nitrogens is 2. The van der Waals surface area contributed by atoms with Crippen molar-refractivity contribution in [2.75, 3.05) is 32.6 Å². The van der Waals surface area contributed by atoms with Crippen molar-refractivity contribution >= 4 is 33.3 Å². The van der Waals surface area contributed by atoms with Crippen LogP contribution in [-0.4, -0.2) is 48.0 Å². The number of nitrogens with zero attached hydrogens (tertiary/aromatic N) is 3. The molecule has 7 heteroatoms. The standard InChI is InChI=1S/C22H28N4O2S/c1-5-6-13-26(3)22(27)19-15(2)18-20(24-14-25-21(18)29-19)23-12-11-16-7-9-17(28-4)10-8-16/h7-10,14H,5-6,11-13H2,1-4H3,(H,23,24,25). The van der Waals surface area contributed by atoms with Crippen LogP contribution in [0.4, 0.5) is 5.82 Å². The lowest BCUT2D eigenvalue weighted by Crippen LogP contribution is -2.27. The summed E-state index contributed by atoms with van der Waals surface area (Å²) in [6.07, 6.45) is 4.49. The molecule has 6 nitrogen and oxygen atoms in total. The molecule has 3 aromatic rings. The molecule has 154 valence electrons. The van der Waals surface area contributed by atoms with Crippen molar-refractivity contribution in [3.63, 3.8) is 0 Å². The lowest BCUT2D eigenvalue weighted by atomic mass is 10.1. The van der Waals surface area contributed by atoms with E-state index in [4.69, 9.17) is 4.74 Å². The van der Waals surface area contributed by atoms with E-state index in [1.165, 1.54) is 16.9 Å². The highest BCUT2D eigenvalue weighted by Gasteiger charge is 2.21. The SMILES string of the molecule is CCCCN(C)C(=O)c1sc2ncnc(NCCc3ccc(OC)cc3)c2c1C. The lowest BCUT2D eigenvalue weighted by molar-refractivity contribution is 0.0797. The molecule has 0 saturated heterocycles. The first-order valence-electron chi connectivity index (χ1n) is 9.91. The topological polar surface area (TPSA) is 67.4 Å². The number of nitrogens with one attached hydrogen (secondary N) is 1. The number of benzene rings is 1. The molecule has 0 aliphatic heterocycles. The smallest absolute Gasteiger partial charge is 0.264 e. The maximum Gasteiger partial charge on any atom is 0.264 e. The third-order valence-electron chi connectivity index (χ3n) is 4.98. The van der Waals surface area contributed by atoms with Crippen LogP contribution >= 0.6 is 11.3 Å². The second-order valence-electron chi connectivity index (χ2n) is 7.06. The van der Waals surface area contributed by atoms with E-state index in [1.54, 1.807) is 18.3 Å². The van der Waals surface area contributed by atoms with Crippen molar-refractivity contribution in [2.45, 2.75) is 33.1 Å². The average molecular weight is 413 g/mol. The first-order valence-corrected chi connectivity index (χ1v) is 10.7. The summed E-state index contributed by atoms with van der Waals surface area (Å²) in [4.78, 5) is 25.1. The summed E-state index contributed by atoms with van der Waals surface area (Å²) in [5, 5.41) is 4.36. The quantitative estimate of drug-likeness (QED) is 0.559. The van der Waals surface area contributed by atoms with Crippen molar-refractivity contribution in [1.29, 1.82) is 0 Å². The Morgan fingerprint density at radius 3 is 2.69 bits per heavy atom. The molecule has 3 rings (SSSR count). The van der Waals surface area contributed by atoms with Crippen LogP contribution < -0.4 is 10.1 Å². The molecule has 0 atom stereocenters. The molecule has 0 bridgehead atoms. The monoisotopic (exact) mass is 412 g/mol. The molecule has 1 N–H and O–H groups in total. The van der Waals surface area contributed by atoms with Crippen LogP contribution in [0.25, 0.3) is 10.2 Å². The Hall–Kier alpha value is -2.67. The number of rotatable bonds is 9. The molecule has 0 spiro atoms. The summed E-state index contributed by atoms with van der Waals surface area (Å²) in [7, 11) is 3.53. The minimum atomic E-state index is 0.0585. The maximum atomic E-state index is 12.9. The number of aryl methyl sites for hydroxylation is 1. The van der Waals surface area contributed by atoms with Crippen LogP contribution in [0.3, 0.4) is 0 Å². The molecule has 0 fully saturated rings. The van der Waals surface area contributed by atoms with Crippen LogP contribution in [0.2, 0.25) is 0 Å².